The molecule has 0 saturated heterocycles. The average Bonchev–Trinajstić information content (AvgIpc) is 2.44. The van der Waals surface area contributed by atoms with Gasteiger partial charge in [-0.25, -0.2) is 4.39 Å². The van der Waals surface area contributed by atoms with Crippen molar-refractivity contribution in [2.75, 3.05) is 18.5 Å². The van der Waals surface area contributed by atoms with Crippen molar-refractivity contribution in [2.45, 2.75) is 12.3 Å². The molecule has 104 valence electrons. The van der Waals surface area contributed by atoms with Crippen molar-refractivity contribution in [1.82, 2.24) is 0 Å². The molecule has 0 amide bonds. The Morgan fingerprint density at radius 2 is 2.10 bits per heavy atom. The number of hydrogen-bond acceptors (Lipinski definition) is 2. The van der Waals surface area contributed by atoms with Crippen molar-refractivity contribution in [3.63, 3.8) is 0 Å². The van der Waals surface area contributed by atoms with E-state index in [0.717, 1.165) is 18.7 Å². The van der Waals surface area contributed by atoms with Gasteiger partial charge in [-0.2, -0.15) is 0 Å². The molecule has 3 rings (SSSR count). The monoisotopic (exact) mass is 291 g/mol. The van der Waals surface area contributed by atoms with Crippen LogP contribution < -0.4 is 10.1 Å². The minimum absolute atomic E-state index is 0.327. The number of benzene rings is 2. The van der Waals surface area contributed by atoms with Gasteiger partial charge in [0.1, 0.15) is 11.6 Å². The summed E-state index contributed by atoms with van der Waals surface area (Å²) in [7, 11) is 0. The fourth-order valence-electron chi connectivity index (χ4n) is 2.52. The summed E-state index contributed by atoms with van der Waals surface area (Å²) >= 11 is 5.85. The average molecular weight is 292 g/mol. The van der Waals surface area contributed by atoms with Crippen molar-refractivity contribution in [2.24, 2.45) is 0 Å². The van der Waals surface area contributed by atoms with E-state index in [1.165, 1.54) is 17.7 Å². The molecule has 1 heterocycles. The van der Waals surface area contributed by atoms with Crippen LogP contribution >= 0.6 is 11.6 Å². The summed E-state index contributed by atoms with van der Waals surface area (Å²) in [6.45, 7) is 1.45. The smallest absolute Gasteiger partial charge is 0.126 e. The van der Waals surface area contributed by atoms with Crippen LogP contribution in [0.25, 0.3) is 0 Å². The van der Waals surface area contributed by atoms with Crippen LogP contribution in [0.15, 0.2) is 42.5 Å². The lowest BCUT2D eigenvalue weighted by Gasteiger charge is -2.26. The summed E-state index contributed by atoms with van der Waals surface area (Å²) in [6, 6.07) is 12.5. The quantitative estimate of drug-likeness (QED) is 0.901. The number of anilines is 1. The number of halogens is 2. The summed E-state index contributed by atoms with van der Waals surface area (Å²) in [5.41, 5.74) is 1.91. The first-order chi connectivity index (χ1) is 9.72. The molecule has 0 fully saturated rings. The fraction of sp³-hybridized carbons (Fsp3) is 0.250. The highest BCUT2D eigenvalue weighted by molar-refractivity contribution is 6.30. The molecule has 0 aromatic heterocycles. The third kappa shape index (κ3) is 2.88. The van der Waals surface area contributed by atoms with Crippen LogP contribution in [0.2, 0.25) is 5.02 Å². The van der Waals surface area contributed by atoms with Crippen LogP contribution in [-0.2, 0) is 0 Å². The number of fused-ring (bicyclic) bond motifs is 1. The second-order valence-electron chi connectivity index (χ2n) is 4.91. The zero-order valence-corrected chi connectivity index (χ0v) is 11.7. The van der Waals surface area contributed by atoms with Gasteiger partial charge in [0.2, 0.25) is 0 Å². The molecule has 2 aromatic rings. The van der Waals surface area contributed by atoms with Gasteiger partial charge in [0, 0.05) is 23.2 Å². The molecule has 2 aromatic carbocycles. The molecule has 20 heavy (non-hydrogen) atoms. The predicted molar refractivity (Wildman–Crippen MR) is 79.2 cm³/mol. The van der Waals surface area contributed by atoms with E-state index in [0.29, 0.717) is 23.2 Å². The van der Waals surface area contributed by atoms with Crippen LogP contribution in [0, 0.1) is 5.82 Å². The lowest BCUT2D eigenvalue weighted by Crippen LogP contribution is -2.20. The molecule has 1 aliphatic heterocycles. The highest BCUT2D eigenvalue weighted by Gasteiger charge is 2.20. The number of hydrogen-bond donors (Lipinski definition) is 1. The number of ether oxygens (including phenoxy) is 1. The zero-order chi connectivity index (χ0) is 13.9. The van der Waals surface area contributed by atoms with E-state index in [1.54, 1.807) is 6.07 Å². The Morgan fingerprint density at radius 3 is 2.95 bits per heavy atom. The van der Waals surface area contributed by atoms with Gasteiger partial charge in [-0.1, -0.05) is 29.8 Å². The summed E-state index contributed by atoms with van der Waals surface area (Å²) in [4.78, 5) is 0. The minimum atomic E-state index is -0.327. The first kappa shape index (κ1) is 13.3. The van der Waals surface area contributed by atoms with Crippen LogP contribution in [0.1, 0.15) is 17.9 Å². The van der Waals surface area contributed by atoms with Crippen molar-refractivity contribution in [1.29, 1.82) is 0 Å². The predicted octanol–water partition coefficient (Wildman–Crippen LogP) is 4.46. The van der Waals surface area contributed by atoms with Crippen LogP contribution in [-0.4, -0.2) is 13.2 Å². The molecule has 0 saturated carbocycles. The maximum Gasteiger partial charge on any atom is 0.126 e. The standard InChI is InChI=1S/C16H15ClFNO/c17-12-7-13(18)9-14(8-12)19-10-11-5-6-20-16-4-2-1-3-15(11)16/h1-4,7-9,11,19H,5-6,10H2. The van der Waals surface area contributed by atoms with E-state index in [4.69, 9.17) is 16.3 Å². The number of rotatable bonds is 3. The molecule has 0 aliphatic carbocycles. The Morgan fingerprint density at radius 1 is 1.25 bits per heavy atom. The molecule has 2 nitrogen and oxygen atoms in total. The minimum Gasteiger partial charge on any atom is -0.493 e. The molecule has 1 atom stereocenters. The highest BCUT2D eigenvalue weighted by atomic mass is 35.5. The molecular formula is C16H15ClFNO. The molecule has 0 radical (unpaired) electrons. The van der Waals surface area contributed by atoms with Crippen LogP contribution in [0.5, 0.6) is 5.75 Å². The lowest BCUT2D eigenvalue weighted by atomic mass is 9.93. The second-order valence-corrected chi connectivity index (χ2v) is 5.35. The van der Waals surface area contributed by atoms with Crippen LogP contribution in [0.3, 0.4) is 0 Å². The van der Waals surface area contributed by atoms with E-state index in [-0.39, 0.29) is 5.82 Å². The van der Waals surface area contributed by atoms with Crippen molar-refractivity contribution in [3.05, 3.63) is 58.9 Å². The molecule has 1 aliphatic rings. The highest BCUT2D eigenvalue weighted by Crippen LogP contribution is 2.33. The molecular weight excluding hydrogens is 277 g/mol. The van der Waals surface area contributed by atoms with Gasteiger partial charge < -0.3 is 10.1 Å². The van der Waals surface area contributed by atoms with Crippen molar-refractivity contribution < 1.29 is 9.13 Å². The maximum atomic E-state index is 13.3. The Balaban J connectivity index is 1.73. The van der Waals surface area contributed by atoms with Gasteiger partial charge in [-0.05, 0) is 36.2 Å². The van der Waals surface area contributed by atoms with Gasteiger partial charge in [0.05, 0.1) is 6.61 Å². The summed E-state index contributed by atoms with van der Waals surface area (Å²) in [6.07, 6.45) is 0.951. The van der Waals surface area contributed by atoms with E-state index in [2.05, 4.69) is 11.4 Å². The van der Waals surface area contributed by atoms with Gasteiger partial charge in [0.25, 0.3) is 0 Å². The fourth-order valence-corrected chi connectivity index (χ4v) is 2.75. The summed E-state index contributed by atoms with van der Waals surface area (Å²) < 4.78 is 18.9. The maximum absolute atomic E-state index is 13.3. The number of para-hydroxylation sites is 1. The van der Waals surface area contributed by atoms with Gasteiger partial charge in [0.15, 0.2) is 0 Å². The third-order valence-electron chi connectivity index (χ3n) is 3.50. The van der Waals surface area contributed by atoms with E-state index >= 15 is 0 Å². The first-order valence-electron chi connectivity index (χ1n) is 6.64. The van der Waals surface area contributed by atoms with E-state index in [9.17, 15) is 4.39 Å². The normalized spacial score (nSPS) is 17.2. The van der Waals surface area contributed by atoms with E-state index < -0.39 is 0 Å². The second kappa shape index (κ2) is 5.71. The Hall–Kier alpha value is -1.74. The Labute approximate surface area is 122 Å². The van der Waals surface area contributed by atoms with E-state index in [1.807, 2.05) is 18.2 Å². The topological polar surface area (TPSA) is 21.3 Å². The van der Waals surface area contributed by atoms with Gasteiger partial charge in [-0.15, -0.1) is 0 Å². The number of nitrogens with one attached hydrogen (secondary N) is 1. The summed E-state index contributed by atoms with van der Waals surface area (Å²) in [5.74, 6) is 0.984. The Bertz CT molecular complexity index is 597. The SMILES string of the molecule is Fc1cc(Cl)cc(NCC2CCOc3ccccc32)c1. The third-order valence-corrected chi connectivity index (χ3v) is 3.72. The zero-order valence-electron chi connectivity index (χ0n) is 10.9. The lowest BCUT2D eigenvalue weighted by molar-refractivity contribution is 0.270. The van der Waals surface area contributed by atoms with Crippen molar-refractivity contribution in [3.8, 4) is 5.75 Å². The largest absolute Gasteiger partial charge is 0.493 e. The van der Waals surface area contributed by atoms with Gasteiger partial charge in [-0.3, -0.25) is 0 Å². The van der Waals surface area contributed by atoms with Crippen molar-refractivity contribution >= 4 is 17.3 Å². The van der Waals surface area contributed by atoms with Gasteiger partial charge >= 0.3 is 0 Å². The molecule has 4 heteroatoms. The molecule has 0 bridgehead atoms. The first-order valence-corrected chi connectivity index (χ1v) is 7.02. The molecule has 0 spiro atoms. The van der Waals surface area contributed by atoms with Crippen LogP contribution in [0.4, 0.5) is 10.1 Å². The Kier molecular flexibility index (Phi) is 3.79. The summed E-state index contributed by atoms with van der Waals surface area (Å²) in [5, 5.41) is 3.66. The molecule has 1 unspecified atom stereocenters. The molecule has 1 N–H and O–H groups in total.